The maximum Gasteiger partial charge on any atom is 0.131 e. The number of hydrogen-bond donors (Lipinski definition) is 0. The molecular formula is C48H60F2. The SMILES string of the molecule is C=C/C=C\C(=C)C(=C)/C(F)=C\C(=C)C(=C)/C=C\C(=C)C(C)CCCC.Fc1cc(C2CCCCC2)ccc1-c1ccc(C2CCCCC2)cc1. The number of halogens is 2. The molecule has 0 saturated heterocycles. The average molecular weight is 675 g/mol. The standard InChI is InChI=1S/C24H29F.C24H31F/c25-24-17-22(19-9-5-2-6-10-19)15-16-23(24)21-13-11-20(12-14-21)18-7-3-1-4-8-18;1-9-11-13-18(3)19(4)15-16-20(5)22(7)17-24(25)23(8)21(6)14-12-10-2/h11-19H,1-10H2;10,12,14-18H,2,4-9,11,13H2,1,3H3/b;14-12-,16-15-,24-17+. The lowest BCUT2D eigenvalue weighted by Crippen LogP contribution is -2.05. The van der Waals surface area contributed by atoms with Crippen LogP contribution in [-0.4, -0.2) is 0 Å². The summed E-state index contributed by atoms with van der Waals surface area (Å²) in [6, 6.07) is 14.6. The van der Waals surface area contributed by atoms with Gasteiger partial charge in [-0.25, -0.2) is 8.78 Å². The summed E-state index contributed by atoms with van der Waals surface area (Å²) in [6.07, 6.45) is 26.5. The predicted octanol–water partition coefficient (Wildman–Crippen LogP) is 15.3. The maximum atomic E-state index is 14.7. The summed E-state index contributed by atoms with van der Waals surface area (Å²) in [5, 5.41) is 0. The predicted molar refractivity (Wildman–Crippen MR) is 216 cm³/mol. The van der Waals surface area contributed by atoms with E-state index >= 15 is 0 Å². The molecule has 2 aliphatic rings. The Morgan fingerprint density at radius 2 is 1.34 bits per heavy atom. The van der Waals surface area contributed by atoms with Crippen LogP contribution in [0, 0.1) is 11.7 Å². The molecule has 266 valence electrons. The Kier molecular flexibility index (Phi) is 17.2. The normalized spacial score (nSPS) is 16.4. The monoisotopic (exact) mass is 674 g/mol. The van der Waals surface area contributed by atoms with Gasteiger partial charge in [0.2, 0.25) is 0 Å². The summed E-state index contributed by atoms with van der Waals surface area (Å²) in [7, 11) is 0. The summed E-state index contributed by atoms with van der Waals surface area (Å²) in [6.45, 7) is 27.3. The quantitative estimate of drug-likeness (QED) is 0.165. The molecule has 0 radical (unpaired) electrons. The van der Waals surface area contributed by atoms with Gasteiger partial charge in [-0.05, 0) is 95.4 Å². The van der Waals surface area contributed by atoms with E-state index in [1.165, 1.54) is 94.3 Å². The van der Waals surface area contributed by atoms with Gasteiger partial charge in [0.05, 0.1) is 0 Å². The van der Waals surface area contributed by atoms with Crippen LogP contribution in [-0.2, 0) is 0 Å². The molecule has 0 spiro atoms. The van der Waals surface area contributed by atoms with Crippen molar-refractivity contribution in [1.29, 1.82) is 0 Å². The first-order valence-corrected chi connectivity index (χ1v) is 18.7. The van der Waals surface area contributed by atoms with Gasteiger partial charge in [-0.2, -0.15) is 0 Å². The van der Waals surface area contributed by atoms with Gasteiger partial charge >= 0.3 is 0 Å². The third-order valence-electron chi connectivity index (χ3n) is 10.3. The molecule has 2 aromatic rings. The molecule has 0 aromatic heterocycles. The Morgan fingerprint density at radius 1 is 0.760 bits per heavy atom. The molecule has 4 rings (SSSR count). The van der Waals surface area contributed by atoms with Crippen LogP contribution < -0.4 is 0 Å². The molecular weight excluding hydrogens is 615 g/mol. The molecule has 50 heavy (non-hydrogen) atoms. The Labute approximate surface area is 303 Å². The Bertz CT molecular complexity index is 1560. The Hall–Kier alpha value is -4.04. The fraction of sp³-hybridized carbons (Fsp3) is 0.375. The summed E-state index contributed by atoms with van der Waals surface area (Å²) < 4.78 is 29.0. The second-order valence-electron chi connectivity index (χ2n) is 14.1. The molecule has 0 aliphatic heterocycles. The molecule has 0 N–H and O–H groups in total. The van der Waals surface area contributed by atoms with Crippen LogP contribution in [0.2, 0.25) is 0 Å². The second kappa shape index (κ2) is 21.2. The van der Waals surface area contributed by atoms with Crippen LogP contribution in [0.5, 0.6) is 0 Å². The van der Waals surface area contributed by atoms with E-state index in [4.69, 9.17) is 0 Å². The molecule has 0 heterocycles. The van der Waals surface area contributed by atoms with E-state index in [1.54, 1.807) is 24.3 Å². The van der Waals surface area contributed by atoms with Gasteiger partial charge < -0.3 is 0 Å². The van der Waals surface area contributed by atoms with Crippen LogP contribution in [0.3, 0.4) is 0 Å². The Morgan fingerprint density at radius 3 is 1.90 bits per heavy atom. The van der Waals surface area contributed by atoms with Crippen LogP contribution in [0.4, 0.5) is 8.78 Å². The molecule has 0 nitrogen and oxygen atoms in total. The lowest BCUT2D eigenvalue weighted by molar-refractivity contribution is 0.442. The van der Waals surface area contributed by atoms with Crippen LogP contribution in [0.25, 0.3) is 11.1 Å². The molecule has 0 amide bonds. The fourth-order valence-corrected chi connectivity index (χ4v) is 6.77. The topological polar surface area (TPSA) is 0 Å². The van der Waals surface area contributed by atoms with Gasteiger partial charge in [-0.15, -0.1) is 0 Å². The van der Waals surface area contributed by atoms with E-state index in [0.717, 1.165) is 23.1 Å². The van der Waals surface area contributed by atoms with E-state index in [1.807, 2.05) is 18.2 Å². The highest BCUT2D eigenvalue weighted by Crippen LogP contribution is 2.36. The summed E-state index contributed by atoms with van der Waals surface area (Å²) >= 11 is 0. The number of allylic oxidation sites excluding steroid dienone is 12. The van der Waals surface area contributed by atoms with Crippen molar-refractivity contribution in [2.45, 2.75) is 109 Å². The van der Waals surface area contributed by atoms with E-state index in [9.17, 15) is 8.78 Å². The Balaban J connectivity index is 0.000000270. The van der Waals surface area contributed by atoms with Gasteiger partial charge in [0.1, 0.15) is 11.6 Å². The number of unbranched alkanes of at least 4 members (excludes halogenated alkanes) is 1. The van der Waals surface area contributed by atoms with Crippen molar-refractivity contribution in [2.24, 2.45) is 5.92 Å². The molecule has 2 saturated carbocycles. The highest BCUT2D eigenvalue weighted by atomic mass is 19.1. The lowest BCUT2D eigenvalue weighted by atomic mass is 9.83. The van der Waals surface area contributed by atoms with Gasteiger partial charge in [-0.3, -0.25) is 0 Å². The molecule has 2 aliphatic carbocycles. The van der Waals surface area contributed by atoms with Crippen molar-refractivity contribution in [2.75, 3.05) is 0 Å². The molecule has 2 fully saturated rings. The number of hydrogen-bond acceptors (Lipinski definition) is 0. The first kappa shape index (κ1) is 40.4. The summed E-state index contributed by atoms with van der Waals surface area (Å²) in [5.41, 5.74) is 7.25. The minimum atomic E-state index is -0.478. The zero-order valence-electron chi connectivity index (χ0n) is 30.9. The van der Waals surface area contributed by atoms with Crippen molar-refractivity contribution in [3.8, 4) is 11.1 Å². The minimum Gasteiger partial charge on any atom is -0.206 e. The van der Waals surface area contributed by atoms with Crippen molar-refractivity contribution in [3.05, 3.63) is 169 Å². The van der Waals surface area contributed by atoms with E-state index in [2.05, 4.69) is 83.7 Å². The van der Waals surface area contributed by atoms with Crippen molar-refractivity contribution >= 4 is 0 Å². The summed E-state index contributed by atoms with van der Waals surface area (Å²) in [5.74, 6) is 1.15. The van der Waals surface area contributed by atoms with E-state index in [-0.39, 0.29) is 11.4 Å². The highest BCUT2D eigenvalue weighted by molar-refractivity contribution is 5.65. The number of rotatable bonds is 15. The zero-order chi connectivity index (χ0) is 36.5. The van der Waals surface area contributed by atoms with Gasteiger partial charge in [0.15, 0.2) is 0 Å². The van der Waals surface area contributed by atoms with E-state index < -0.39 is 5.83 Å². The van der Waals surface area contributed by atoms with Crippen LogP contribution in [0.1, 0.15) is 120 Å². The largest absolute Gasteiger partial charge is 0.206 e. The smallest absolute Gasteiger partial charge is 0.131 e. The van der Waals surface area contributed by atoms with Crippen molar-refractivity contribution in [1.82, 2.24) is 0 Å². The van der Waals surface area contributed by atoms with Crippen molar-refractivity contribution < 1.29 is 8.78 Å². The van der Waals surface area contributed by atoms with Crippen molar-refractivity contribution in [3.63, 3.8) is 0 Å². The fourth-order valence-electron chi connectivity index (χ4n) is 6.77. The maximum absolute atomic E-state index is 14.7. The van der Waals surface area contributed by atoms with E-state index in [0.29, 0.717) is 34.5 Å². The first-order valence-electron chi connectivity index (χ1n) is 18.7. The third-order valence-corrected chi connectivity index (χ3v) is 10.3. The second-order valence-corrected chi connectivity index (χ2v) is 14.1. The molecule has 0 bridgehead atoms. The van der Waals surface area contributed by atoms with Crippen LogP contribution >= 0.6 is 0 Å². The van der Waals surface area contributed by atoms with Crippen LogP contribution in [0.15, 0.2) is 152 Å². The number of benzene rings is 2. The average Bonchev–Trinajstić information content (AvgIpc) is 3.15. The molecule has 1 unspecified atom stereocenters. The van der Waals surface area contributed by atoms with Gasteiger partial charge in [0, 0.05) is 11.1 Å². The molecule has 2 heteroatoms. The van der Waals surface area contributed by atoms with Gasteiger partial charge in [-0.1, -0.05) is 177 Å². The van der Waals surface area contributed by atoms with Gasteiger partial charge in [0.25, 0.3) is 0 Å². The molecule has 2 aromatic carbocycles. The molecule has 1 atom stereocenters. The lowest BCUT2D eigenvalue weighted by Gasteiger charge is -2.23. The zero-order valence-corrected chi connectivity index (χ0v) is 30.9. The highest BCUT2D eigenvalue weighted by Gasteiger charge is 2.18. The first-order chi connectivity index (χ1) is 24.0. The third kappa shape index (κ3) is 12.7. The minimum absolute atomic E-state index is 0.0616. The summed E-state index contributed by atoms with van der Waals surface area (Å²) in [4.78, 5) is 0.